The number of rotatable bonds is 5. The molecule has 0 aromatic heterocycles. The molecule has 1 saturated heterocycles. The summed E-state index contributed by atoms with van der Waals surface area (Å²) < 4.78 is 0. The average Bonchev–Trinajstić information content (AvgIpc) is 2.47. The zero-order valence-electron chi connectivity index (χ0n) is 11.6. The van der Waals surface area contributed by atoms with Crippen molar-refractivity contribution in [2.75, 3.05) is 19.6 Å². The van der Waals surface area contributed by atoms with Gasteiger partial charge in [-0.3, -0.25) is 15.0 Å². The van der Waals surface area contributed by atoms with Crippen molar-refractivity contribution >= 4 is 17.3 Å². The number of hydrogen-bond donors (Lipinski definition) is 1. The fraction of sp³-hybridized carbons (Fsp3) is 0.571. The van der Waals surface area contributed by atoms with Gasteiger partial charge in [-0.25, -0.2) is 0 Å². The molecule has 0 aliphatic carbocycles. The summed E-state index contributed by atoms with van der Waals surface area (Å²) in [5.41, 5.74) is 0.937. The number of piperidine rings is 1. The van der Waals surface area contributed by atoms with Crippen molar-refractivity contribution in [3.05, 3.63) is 38.9 Å². The second kappa shape index (κ2) is 7.02. The molecule has 0 radical (unpaired) electrons. The van der Waals surface area contributed by atoms with E-state index in [2.05, 4.69) is 17.1 Å². The minimum absolute atomic E-state index is 0.00877. The summed E-state index contributed by atoms with van der Waals surface area (Å²) >= 11 is 5.85. The molecule has 1 N–H and O–H groups in total. The monoisotopic (exact) mass is 297 g/mol. The number of nitrogens with one attached hydrogen (secondary N) is 1. The van der Waals surface area contributed by atoms with Crippen molar-refractivity contribution < 1.29 is 4.92 Å². The largest absolute Gasteiger partial charge is 0.317 e. The predicted molar refractivity (Wildman–Crippen MR) is 80.1 cm³/mol. The Morgan fingerprint density at radius 1 is 1.45 bits per heavy atom. The second-order valence-corrected chi connectivity index (χ2v) is 5.49. The average molecular weight is 298 g/mol. The van der Waals surface area contributed by atoms with E-state index < -0.39 is 4.92 Å². The molecule has 20 heavy (non-hydrogen) atoms. The summed E-state index contributed by atoms with van der Waals surface area (Å²) in [6, 6.07) is 5.63. The highest BCUT2D eigenvalue weighted by molar-refractivity contribution is 6.32. The molecule has 1 heterocycles. The molecular weight excluding hydrogens is 278 g/mol. The quantitative estimate of drug-likeness (QED) is 0.671. The predicted octanol–water partition coefficient (Wildman–Crippen LogP) is 2.82. The lowest BCUT2D eigenvalue weighted by Gasteiger charge is -2.33. The van der Waals surface area contributed by atoms with Crippen LogP contribution in [0.2, 0.25) is 5.02 Å². The number of nitrogens with zero attached hydrogens (tertiary/aromatic N) is 2. The molecule has 0 atom stereocenters. The van der Waals surface area contributed by atoms with Crippen LogP contribution in [0.4, 0.5) is 5.69 Å². The lowest BCUT2D eigenvalue weighted by atomic mass is 10.0. The van der Waals surface area contributed by atoms with Gasteiger partial charge in [0.2, 0.25) is 0 Å². The fourth-order valence-electron chi connectivity index (χ4n) is 2.70. The highest BCUT2D eigenvalue weighted by atomic mass is 35.5. The Balaban J connectivity index is 2.10. The van der Waals surface area contributed by atoms with E-state index in [0.717, 1.165) is 44.6 Å². The Morgan fingerprint density at radius 3 is 2.75 bits per heavy atom. The Labute approximate surface area is 124 Å². The fourth-order valence-corrected chi connectivity index (χ4v) is 2.89. The van der Waals surface area contributed by atoms with Gasteiger partial charge < -0.3 is 5.32 Å². The number of benzene rings is 1. The highest BCUT2D eigenvalue weighted by Crippen LogP contribution is 2.26. The molecule has 1 fully saturated rings. The standard InChI is InChI=1S/C14H20ClN3O2/c1-2-17(12-5-7-16-8-6-12)10-11-3-4-13(15)14(9-11)18(19)20/h3-4,9,12,16H,2,5-8,10H2,1H3. The van der Waals surface area contributed by atoms with Crippen LogP contribution in [0.25, 0.3) is 0 Å². The number of nitro benzene ring substituents is 1. The molecule has 6 heteroatoms. The van der Waals surface area contributed by atoms with Gasteiger partial charge in [0.15, 0.2) is 0 Å². The zero-order chi connectivity index (χ0) is 14.5. The normalized spacial score (nSPS) is 16.6. The van der Waals surface area contributed by atoms with E-state index in [0.29, 0.717) is 6.04 Å². The maximum atomic E-state index is 10.9. The topological polar surface area (TPSA) is 58.4 Å². The summed E-state index contributed by atoms with van der Waals surface area (Å²) in [7, 11) is 0. The Morgan fingerprint density at radius 2 is 2.15 bits per heavy atom. The van der Waals surface area contributed by atoms with E-state index in [1.54, 1.807) is 12.1 Å². The van der Waals surface area contributed by atoms with Gasteiger partial charge in [0, 0.05) is 18.7 Å². The van der Waals surface area contributed by atoms with E-state index >= 15 is 0 Å². The Hall–Kier alpha value is -1.17. The van der Waals surface area contributed by atoms with Crippen LogP contribution >= 0.6 is 11.6 Å². The minimum atomic E-state index is -0.424. The first-order valence-electron chi connectivity index (χ1n) is 6.99. The molecule has 0 spiro atoms. The first kappa shape index (κ1) is 15.2. The van der Waals surface area contributed by atoms with Crippen LogP contribution in [-0.2, 0) is 6.54 Å². The first-order valence-corrected chi connectivity index (χ1v) is 7.37. The van der Waals surface area contributed by atoms with Gasteiger partial charge in [-0.05, 0) is 44.1 Å². The van der Waals surface area contributed by atoms with E-state index in [4.69, 9.17) is 11.6 Å². The van der Waals surface area contributed by atoms with Crippen molar-refractivity contribution in [2.24, 2.45) is 0 Å². The molecule has 1 aromatic carbocycles. The van der Waals surface area contributed by atoms with E-state index in [9.17, 15) is 10.1 Å². The molecule has 1 aliphatic heterocycles. The third kappa shape index (κ3) is 3.69. The number of hydrogen-bond acceptors (Lipinski definition) is 4. The SMILES string of the molecule is CCN(Cc1ccc(Cl)c([N+](=O)[O-])c1)C1CCNCC1. The van der Waals surface area contributed by atoms with Crippen LogP contribution < -0.4 is 5.32 Å². The van der Waals surface area contributed by atoms with Crippen molar-refractivity contribution in [1.29, 1.82) is 0 Å². The molecule has 0 bridgehead atoms. The van der Waals surface area contributed by atoms with Crippen LogP contribution in [0.15, 0.2) is 18.2 Å². The molecule has 1 aromatic rings. The third-order valence-electron chi connectivity index (χ3n) is 3.82. The summed E-state index contributed by atoms with van der Waals surface area (Å²) in [5.74, 6) is 0. The van der Waals surface area contributed by atoms with Crippen LogP contribution in [0.5, 0.6) is 0 Å². The van der Waals surface area contributed by atoms with Crippen molar-refractivity contribution in [2.45, 2.75) is 32.4 Å². The van der Waals surface area contributed by atoms with Crippen LogP contribution in [-0.4, -0.2) is 35.5 Å². The minimum Gasteiger partial charge on any atom is -0.317 e. The summed E-state index contributed by atoms with van der Waals surface area (Å²) in [6.07, 6.45) is 2.26. The molecule has 1 aliphatic rings. The van der Waals surface area contributed by atoms with Gasteiger partial charge in [-0.1, -0.05) is 24.6 Å². The van der Waals surface area contributed by atoms with E-state index in [1.165, 1.54) is 0 Å². The van der Waals surface area contributed by atoms with Gasteiger partial charge in [0.25, 0.3) is 5.69 Å². The molecule has 110 valence electrons. The summed E-state index contributed by atoms with van der Waals surface area (Å²) in [5, 5.41) is 14.5. The van der Waals surface area contributed by atoms with Crippen LogP contribution in [0.3, 0.4) is 0 Å². The Bertz CT molecular complexity index is 475. The van der Waals surface area contributed by atoms with Crippen molar-refractivity contribution in [1.82, 2.24) is 10.2 Å². The molecule has 5 nitrogen and oxygen atoms in total. The van der Waals surface area contributed by atoms with Gasteiger partial charge >= 0.3 is 0 Å². The first-order chi connectivity index (χ1) is 9.61. The van der Waals surface area contributed by atoms with Crippen LogP contribution in [0, 0.1) is 10.1 Å². The molecule has 2 rings (SSSR count). The molecular formula is C14H20ClN3O2. The van der Waals surface area contributed by atoms with Gasteiger partial charge in [-0.2, -0.15) is 0 Å². The Kier molecular flexibility index (Phi) is 5.34. The summed E-state index contributed by atoms with van der Waals surface area (Å²) in [4.78, 5) is 12.9. The molecule has 0 amide bonds. The highest BCUT2D eigenvalue weighted by Gasteiger charge is 2.21. The van der Waals surface area contributed by atoms with Crippen molar-refractivity contribution in [3.8, 4) is 0 Å². The lowest BCUT2D eigenvalue weighted by molar-refractivity contribution is -0.384. The second-order valence-electron chi connectivity index (χ2n) is 5.09. The number of halogens is 1. The van der Waals surface area contributed by atoms with Crippen molar-refractivity contribution in [3.63, 3.8) is 0 Å². The van der Waals surface area contributed by atoms with Crippen LogP contribution in [0.1, 0.15) is 25.3 Å². The van der Waals surface area contributed by atoms with Gasteiger partial charge in [-0.15, -0.1) is 0 Å². The molecule has 0 unspecified atom stereocenters. The number of nitro groups is 1. The lowest BCUT2D eigenvalue weighted by Crippen LogP contribution is -2.42. The smallest absolute Gasteiger partial charge is 0.288 e. The van der Waals surface area contributed by atoms with Gasteiger partial charge in [0.1, 0.15) is 5.02 Å². The van der Waals surface area contributed by atoms with E-state index in [1.807, 2.05) is 6.07 Å². The maximum Gasteiger partial charge on any atom is 0.288 e. The maximum absolute atomic E-state index is 10.9. The zero-order valence-corrected chi connectivity index (χ0v) is 12.4. The molecule has 0 saturated carbocycles. The summed E-state index contributed by atoms with van der Waals surface area (Å²) in [6.45, 7) is 5.90. The van der Waals surface area contributed by atoms with E-state index in [-0.39, 0.29) is 10.7 Å². The third-order valence-corrected chi connectivity index (χ3v) is 4.14. The van der Waals surface area contributed by atoms with Gasteiger partial charge in [0.05, 0.1) is 4.92 Å².